The van der Waals surface area contributed by atoms with E-state index in [0.29, 0.717) is 24.4 Å². The molecule has 0 amide bonds. The van der Waals surface area contributed by atoms with Gasteiger partial charge in [-0.3, -0.25) is 0 Å². The first-order valence-electron chi connectivity index (χ1n) is 7.48. The predicted molar refractivity (Wildman–Crippen MR) is 81.2 cm³/mol. The fraction of sp³-hybridized carbons (Fsp3) is 0.625. The molecule has 1 aromatic rings. The van der Waals surface area contributed by atoms with Crippen LogP contribution in [0.3, 0.4) is 0 Å². The number of hydrogen-bond donors (Lipinski definition) is 2. The molecule has 0 bridgehead atoms. The van der Waals surface area contributed by atoms with Crippen LogP contribution in [0.25, 0.3) is 0 Å². The Hall–Kier alpha value is -1.26. The molecule has 4 heteroatoms. The molecule has 0 spiro atoms. The van der Waals surface area contributed by atoms with Gasteiger partial charge in [0, 0.05) is 18.6 Å². The van der Waals surface area contributed by atoms with Gasteiger partial charge in [0.1, 0.15) is 0 Å². The zero-order chi connectivity index (χ0) is 14.5. The van der Waals surface area contributed by atoms with Gasteiger partial charge in [0.2, 0.25) is 0 Å². The minimum atomic E-state index is 0.212. The normalized spacial score (nSPS) is 23.8. The van der Waals surface area contributed by atoms with Crippen LogP contribution < -0.4 is 10.1 Å². The Kier molecular flexibility index (Phi) is 5.26. The summed E-state index contributed by atoms with van der Waals surface area (Å²) in [6.45, 7) is 6.74. The molecular formula is C16H26N2O2. The molecule has 0 aromatic heterocycles. The smallest absolute Gasteiger partial charge is 0.161 e. The van der Waals surface area contributed by atoms with E-state index in [9.17, 15) is 5.11 Å². The first-order valence-corrected chi connectivity index (χ1v) is 7.48. The predicted octanol–water partition coefficient (Wildman–Crippen LogP) is 2.36. The number of hydrogen-bond acceptors (Lipinski definition) is 4. The summed E-state index contributed by atoms with van der Waals surface area (Å²) in [6, 6.07) is 6.79. The summed E-state index contributed by atoms with van der Waals surface area (Å²) in [7, 11) is 2.19. The maximum atomic E-state index is 9.70. The number of benzene rings is 1. The molecule has 1 saturated heterocycles. The molecular weight excluding hydrogens is 252 g/mol. The van der Waals surface area contributed by atoms with E-state index in [1.807, 2.05) is 19.1 Å². The Balaban J connectivity index is 1.89. The highest BCUT2D eigenvalue weighted by Crippen LogP contribution is 2.27. The Bertz CT molecular complexity index is 436. The Morgan fingerprint density at radius 3 is 2.95 bits per heavy atom. The van der Waals surface area contributed by atoms with Gasteiger partial charge in [0.05, 0.1) is 6.61 Å². The summed E-state index contributed by atoms with van der Waals surface area (Å²) in [5.41, 5.74) is 1.15. The molecule has 1 aliphatic heterocycles. The molecule has 0 saturated carbocycles. The lowest BCUT2D eigenvalue weighted by atomic mass is 9.98. The number of likely N-dealkylation sites (tertiary alicyclic amines) is 1. The molecule has 2 rings (SSSR count). The van der Waals surface area contributed by atoms with Gasteiger partial charge >= 0.3 is 0 Å². The third-order valence-electron chi connectivity index (χ3n) is 4.13. The number of nitrogens with one attached hydrogen (secondary N) is 1. The van der Waals surface area contributed by atoms with Crippen LogP contribution in [-0.2, 0) is 6.54 Å². The van der Waals surface area contributed by atoms with Crippen LogP contribution in [0.5, 0.6) is 11.5 Å². The lowest BCUT2D eigenvalue weighted by molar-refractivity contribution is 0.168. The van der Waals surface area contributed by atoms with E-state index in [2.05, 4.69) is 24.2 Å². The second-order valence-corrected chi connectivity index (χ2v) is 5.67. The summed E-state index contributed by atoms with van der Waals surface area (Å²) in [6.07, 6.45) is 2.38. The maximum Gasteiger partial charge on any atom is 0.161 e. The number of aromatic hydroxyl groups is 1. The van der Waals surface area contributed by atoms with Crippen molar-refractivity contribution < 1.29 is 9.84 Å². The average Bonchev–Trinajstić information content (AvgIpc) is 2.43. The van der Waals surface area contributed by atoms with E-state index in [1.165, 1.54) is 12.8 Å². The SMILES string of the molecule is CCOc1cc(CNC2CCN(C)C(C)C2)ccc1O. The highest BCUT2D eigenvalue weighted by Gasteiger charge is 2.22. The van der Waals surface area contributed by atoms with Gasteiger partial charge in [-0.25, -0.2) is 0 Å². The molecule has 4 nitrogen and oxygen atoms in total. The molecule has 0 radical (unpaired) electrons. The van der Waals surface area contributed by atoms with Gasteiger partial charge in [0.15, 0.2) is 11.5 Å². The summed E-state index contributed by atoms with van der Waals surface area (Å²) >= 11 is 0. The third kappa shape index (κ3) is 3.87. The van der Waals surface area contributed by atoms with E-state index in [1.54, 1.807) is 6.07 Å². The zero-order valence-corrected chi connectivity index (χ0v) is 12.7. The quantitative estimate of drug-likeness (QED) is 0.868. The highest BCUT2D eigenvalue weighted by molar-refractivity contribution is 5.41. The summed E-state index contributed by atoms with van der Waals surface area (Å²) in [4.78, 5) is 2.41. The fourth-order valence-corrected chi connectivity index (χ4v) is 2.68. The second kappa shape index (κ2) is 6.95. The molecule has 2 unspecified atom stereocenters. The van der Waals surface area contributed by atoms with E-state index in [-0.39, 0.29) is 5.75 Å². The zero-order valence-electron chi connectivity index (χ0n) is 12.7. The van der Waals surface area contributed by atoms with Gasteiger partial charge in [-0.15, -0.1) is 0 Å². The summed E-state index contributed by atoms with van der Waals surface area (Å²) < 4.78 is 5.42. The van der Waals surface area contributed by atoms with Crippen molar-refractivity contribution >= 4 is 0 Å². The van der Waals surface area contributed by atoms with Crippen molar-refractivity contribution in [2.75, 3.05) is 20.2 Å². The number of rotatable bonds is 5. The van der Waals surface area contributed by atoms with Crippen LogP contribution in [0.1, 0.15) is 32.3 Å². The van der Waals surface area contributed by atoms with E-state index in [4.69, 9.17) is 4.74 Å². The van der Waals surface area contributed by atoms with Crippen molar-refractivity contribution in [3.8, 4) is 11.5 Å². The number of nitrogens with zero attached hydrogens (tertiary/aromatic N) is 1. The lowest BCUT2D eigenvalue weighted by Crippen LogP contribution is -2.45. The van der Waals surface area contributed by atoms with Crippen molar-refractivity contribution in [2.24, 2.45) is 0 Å². The number of piperidine rings is 1. The van der Waals surface area contributed by atoms with Crippen LogP contribution in [0.4, 0.5) is 0 Å². The topological polar surface area (TPSA) is 44.7 Å². The monoisotopic (exact) mass is 278 g/mol. The van der Waals surface area contributed by atoms with Gasteiger partial charge in [-0.1, -0.05) is 6.07 Å². The van der Waals surface area contributed by atoms with Gasteiger partial charge in [0.25, 0.3) is 0 Å². The van der Waals surface area contributed by atoms with Crippen LogP contribution in [-0.4, -0.2) is 42.3 Å². The fourth-order valence-electron chi connectivity index (χ4n) is 2.68. The molecule has 1 aliphatic rings. The first kappa shape index (κ1) is 15.1. The Morgan fingerprint density at radius 2 is 2.25 bits per heavy atom. The van der Waals surface area contributed by atoms with Crippen molar-refractivity contribution in [2.45, 2.75) is 45.3 Å². The molecule has 112 valence electrons. The highest BCUT2D eigenvalue weighted by atomic mass is 16.5. The standard InChI is InChI=1S/C16H26N2O2/c1-4-20-16-10-13(5-6-15(16)19)11-17-14-7-8-18(3)12(2)9-14/h5-6,10,12,14,17,19H,4,7-9,11H2,1-3H3. The van der Waals surface area contributed by atoms with Crippen LogP contribution in [0.15, 0.2) is 18.2 Å². The maximum absolute atomic E-state index is 9.70. The molecule has 1 aromatic carbocycles. The molecule has 20 heavy (non-hydrogen) atoms. The number of phenolic OH excluding ortho intramolecular Hbond substituents is 1. The Morgan fingerprint density at radius 1 is 1.45 bits per heavy atom. The molecule has 2 atom stereocenters. The van der Waals surface area contributed by atoms with Crippen molar-refractivity contribution in [3.63, 3.8) is 0 Å². The molecule has 2 N–H and O–H groups in total. The van der Waals surface area contributed by atoms with Crippen LogP contribution in [0.2, 0.25) is 0 Å². The summed E-state index contributed by atoms with van der Waals surface area (Å²) in [5.74, 6) is 0.784. The lowest BCUT2D eigenvalue weighted by Gasteiger charge is -2.35. The van der Waals surface area contributed by atoms with Gasteiger partial charge < -0.3 is 20.1 Å². The van der Waals surface area contributed by atoms with Crippen molar-refractivity contribution in [1.82, 2.24) is 10.2 Å². The minimum Gasteiger partial charge on any atom is -0.504 e. The van der Waals surface area contributed by atoms with Gasteiger partial charge in [-0.2, -0.15) is 0 Å². The average molecular weight is 278 g/mol. The minimum absolute atomic E-state index is 0.212. The summed E-state index contributed by atoms with van der Waals surface area (Å²) in [5, 5.41) is 13.3. The second-order valence-electron chi connectivity index (χ2n) is 5.67. The first-order chi connectivity index (χ1) is 9.60. The van der Waals surface area contributed by atoms with E-state index >= 15 is 0 Å². The third-order valence-corrected chi connectivity index (χ3v) is 4.13. The molecule has 1 fully saturated rings. The van der Waals surface area contributed by atoms with Gasteiger partial charge in [-0.05, 0) is 58.0 Å². The van der Waals surface area contributed by atoms with E-state index < -0.39 is 0 Å². The van der Waals surface area contributed by atoms with Crippen LogP contribution >= 0.6 is 0 Å². The van der Waals surface area contributed by atoms with Crippen molar-refractivity contribution in [1.29, 1.82) is 0 Å². The largest absolute Gasteiger partial charge is 0.504 e. The number of phenols is 1. The van der Waals surface area contributed by atoms with Crippen molar-refractivity contribution in [3.05, 3.63) is 23.8 Å². The Labute approximate surface area is 121 Å². The van der Waals surface area contributed by atoms with E-state index in [0.717, 1.165) is 18.7 Å². The molecule has 0 aliphatic carbocycles. The number of ether oxygens (including phenoxy) is 1. The van der Waals surface area contributed by atoms with Crippen LogP contribution in [0, 0.1) is 0 Å². The molecule has 1 heterocycles.